The van der Waals surface area contributed by atoms with Gasteiger partial charge in [0.05, 0.1) is 31.6 Å². The number of ether oxygens (including phenoxy) is 1. The summed E-state index contributed by atoms with van der Waals surface area (Å²) in [6.45, 7) is 1.04. The summed E-state index contributed by atoms with van der Waals surface area (Å²) in [4.78, 5) is 11.9. The second-order valence-electron chi connectivity index (χ2n) is 8.34. The molecule has 2 bridgehead atoms. The van der Waals surface area contributed by atoms with E-state index in [1.165, 1.54) is 5.56 Å². The van der Waals surface area contributed by atoms with Gasteiger partial charge < -0.3 is 20.1 Å². The average molecular weight is 327 g/mol. The highest BCUT2D eigenvalue weighted by Gasteiger charge is 2.67. The van der Waals surface area contributed by atoms with E-state index in [0.717, 1.165) is 29.4 Å². The number of carbonyl (C=O) groups excluding carboxylic acids is 1. The smallest absolute Gasteiger partial charge is 0.252 e. The Morgan fingerprint density at radius 3 is 2.92 bits per heavy atom. The molecule has 1 aromatic rings. The minimum Gasteiger partial charge on any atom is -0.485 e. The lowest BCUT2D eigenvalue weighted by Gasteiger charge is -2.58. The predicted molar refractivity (Wildman–Crippen MR) is 88.8 cm³/mol. The maximum atomic E-state index is 11.9. The number of primary amides is 1. The van der Waals surface area contributed by atoms with Crippen LogP contribution in [0.15, 0.2) is 24.3 Å². The Morgan fingerprint density at radius 1 is 1.38 bits per heavy atom. The highest BCUT2D eigenvalue weighted by Crippen LogP contribution is 2.62. The second-order valence-corrected chi connectivity index (χ2v) is 8.34. The maximum Gasteiger partial charge on any atom is 0.252 e. The number of aliphatic hydroxyl groups is 1. The molecule has 0 radical (unpaired) electrons. The van der Waals surface area contributed by atoms with Crippen LogP contribution in [0, 0.1) is 5.92 Å². The van der Waals surface area contributed by atoms with Crippen LogP contribution in [0.3, 0.4) is 0 Å². The summed E-state index contributed by atoms with van der Waals surface area (Å²) >= 11 is 0. The first-order valence-electron chi connectivity index (χ1n) is 8.68. The third-order valence-corrected chi connectivity index (χ3v) is 6.99. The van der Waals surface area contributed by atoms with Gasteiger partial charge in [-0.1, -0.05) is 18.2 Å². The summed E-state index contributed by atoms with van der Waals surface area (Å²) in [5, 5.41) is 10.6. The number of piperidine rings is 1. The number of likely N-dealkylation sites (N-methyl/N-ethyl adjacent to an activating group) is 1. The number of rotatable bonds is 1. The molecule has 5 atom stereocenters. The van der Waals surface area contributed by atoms with Crippen LogP contribution in [0.25, 0.3) is 0 Å². The molecule has 5 rings (SSSR count). The Balaban J connectivity index is 1.83. The first-order chi connectivity index (χ1) is 11.4. The first kappa shape index (κ1) is 14.5. The van der Waals surface area contributed by atoms with Crippen molar-refractivity contribution in [3.63, 3.8) is 0 Å². The highest BCUT2D eigenvalue weighted by molar-refractivity contribution is 5.97. The number of hydrogen-bond acceptors (Lipinski definition) is 3. The van der Waals surface area contributed by atoms with Crippen LogP contribution in [0.5, 0.6) is 5.75 Å². The fourth-order valence-corrected chi connectivity index (χ4v) is 5.81. The lowest BCUT2D eigenvalue weighted by atomic mass is 9.52. The van der Waals surface area contributed by atoms with Crippen molar-refractivity contribution < 1.29 is 19.1 Å². The average Bonchev–Trinajstić information content (AvgIpc) is 2.88. The SMILES string of the molecule is C[N+]1(C)CCC23c4c5ccc(C(N)=O)c4OC2C(O)C=CC3C1C5. The van der Waals surface area contributed by atoms with Gasteiger partial charge in [-0.15, -0.1) is 0 Å². The largest absolute Gasteiger partial charge is 0.485 e. The van der Waals surface area contributed by atoms with Crippen molar-refractivity contribution in [2.75, 3.05) is 20.6 Å². The Hall–Kier alpha value is -1.85. The van der Waals surface area contributed by atoms with Gasteiger partial charge in [0.2, 0.25) is 0 Å². The normalized spacial score (nSPS) is 40.0. The molecule has 0 aromatic heterocycles. The van der Waals surface area contributed by atoms with Crippen molar-refractivity contribution in [1.82, 2.24) is 0 Å². The van der Waals surface area contributed by atoms with E-state index in [1.807, 2.05) is 12.1 Å². The molecule has 1 aromatic carbocycles. The summed E-state index contributed by atoms with van der Waals surface area (Å²) in [5.74, 6) is 0.492. The zero-order valence-electron chi connectivity index (χ0n) is 14.0. The van der Waals surface area contributed by atoms with Crippen LogP contribution in [0.2, 0.25) is 0 Å². The molecule has 3 N–H and O–H groups in total. The number of benzene rings is 1. The van der Waals surface area contributed by atoms with Gasteiger partial charge in [-0.2, -0.15) is 0 Å². The van der Waals surface area contributed by atoms with E-state index in [1.54, 1.807) is 6.07 Å². The molecule has 5 heteroatoms. The number of hydrogen-bond donors (Lipinski definition) is 2. The molecular weight excluding hydrogens is 304 g/mol. The molecule has 24 heavy (non-hydrogen) atoms. The zero-order chi connectivity index (χ0) is 16.9. The van der Waals surface area contributed by atoms with Gasteiger partial charge in [0.25, 0.3) is 5.91 Å². The third kappa shape index (κ3) is 1.46. The number of nitrogens with two attached hydrogens (primary N) is 1. The standard InChI is InChI=1S/C19H22N2O3/c1-21(2)8-7-19-12-5-6-14(22)17(19)24-16-11(18(20)23)4-3-10(15(16)19)9-13(12)21/h3-6,12-14,17,22H,7-9H2,1-2H3,(H-,20,23)/p+1. The molecule has 5 nitrogen and oxygen atoms in total. The summed E-state index contributed by atoms with van der Waals surface area (Å²) in [6.07, 6.45) is 5.04. The van der Waals surface area contributed by atoms with Crippen LogP contribution in [0.4, 0.5) is 0 Å². The maximum absolute atomic E-state index is 11.9. The fraction of sp³-hybridized carbons (Fsp3) is 0.526. The Kier molecular flexibility index (Phi) is 2.54. The van der Waals surface area contributed by atoms with Crippen molar-refractivity contribution in [2.45, 2.75) is 36.5 Å². The van der Waals surface area contributed by atoms with Crippen molar-refractivity contribution in [2.24, 2.45) is 11.7 Å². The topological polar surface area (TPSA) is 72.6 Å². The summed E-state index contributed by atoms with van der Waals surface area (Å²) in [7, 11) is 4.59. The summed E-state index contributed by atoms with van der Waals surface area (Å²) in [6, 6.07) is 4.30. The van der Waals surface area contributed by atoms with E-state index in [4.69, 9.17) is 10.5 Å². The molecule has 2 heterocycles. The van der Waals surface area contributed by atoms with Crippen LogP contribution in [-0.2, 0) is 11.8 Å². The predicted octanol–water partition coefficient (Wildman–Crippen LogP) is 0.736. The van der Waals surface area contributed by atoms with Crippen LogP contribution >= 0.6 is 0 Å². The van der Waals surface area contributed by atoms with Crippen LogP contribution in [0.1, 0.15) is 27.9 Å². The number of amides is 1. The molecule has 2 aliphatic heterocycles. The molecule has 4 aliphatic rings. The zero-order valence-corrected chi connectivity index (χ0v) is 14.0. The minimum atomic E-state index is -0.644. The number of likely N-dealkylation sites (tertiary alicyclic amines) is 1. The van der Waals surface area contributed by atoms with Crippen LogP contribution in [-0.4, -0.2) is 54.4 Å². The van der Waals surface area contributed by atoms with Gasteiger partial charge in [-0.3, -0.25) is 4.79 Å². The lowest BCUT2D eigenvalue weighted by Crippen LogP contribution is -2.70. The van der Waals surface area contributed by atoms with Crippen molar-refractivity contribution in [1.29, 1.82) is 0 Å². The molecule has 0 saturated carbocycles. The number of carbonyl (C=O) groups is 1. The third-order valence-electron chi connectivity index (χ3n) is 6.99. The minimum absolute atomic E-state index is 0.221. The number of quaternary nitrogens is 1. The molecule has 1 saturated heterocycles. The second kappa shape index (κ2) is 4.21. The van der Waals surface area contributed by atoms with E-state index in [0.29, 0.717) is 23.3 Å². The monoisotopic (exact) mass is 327 g/mol. The van der Waals surface area contributed by atoms with E-state index in [2.05, 4.69) is 20.2 Å². The van der Waals surface area contributed by atoms with E-state index < -0.39 is 12.0 Å². The number of nitrogens with zero attached hydrogens (tertiary/aromatic N) is 1. The highest BCUT2D eigenvalue weighted by atomic mass is 16.5. The molecule has 126 valence electrons. The fourth-order valence-electron chi connectivity index (χ4n) is 5.81. The van der Waals surface area contributed by atoms with Gasteiger partial charge >= 0.3 is 0 Å². The van der Waals surface area contributed by atoms with Crippen LogP contribution < -0.4 is 10.5 Å². The molecule has 2 aliphatic carbocycles. The molecule has 1 fully saturated rings. The van der Waals surface area contributed by atoms with Crippen molar-refractivity contribution >= 4 is 5.91 Å². The number of aliphatic hydroxyl groups excluding tert-OH is 1. The summed E-state index contributed by atoms with van der Waals surface area (Å²) < 4.78 is 7.22. The first-order valence-corrected chi connectivity index (χ1v) is 8.68. The van der Waals surface area contributed by atoms with E-state index >= 15 is 0 Å². The van der Waals surface area contributed by atoms with Crippen molar-refractivity contribution in [3.8, 4) is 5.75 Å². The molecule has 5 unspecified atom stereocenters. The van der Waals surface area contributed by atoms with Gasteiger partial charge in [-0.25, -0.2) is 0 Å². The summed E-state index contributed by atoms with van der Waals surface area (Å²) in [5.41, 5.74) is 8.21. The Labute approximate surface area is 141 Å². The Bertz CT molecular complexity index is 800. The van der Waals surface area contributed by atoms with Gasteiger partial charge in [0.1, 0.15) is 24.0 Å². The van der Waals surface area contributed by atoms with Gasteiger partial charge in [0.15, 0.2) is 0 Å². The van der Waals surface area contributed by atoms with E-state index in [9.17, 15) is 9.90 Å². The lowest BCUT2D eigenvalue weighted by molar-refractivity contribution is -0.926. The van der Waals surface area contributed by atoms with E-state index in [-0.39, 0.29) is 11.5 Å². The van der Waals surface area contributed by atoms with Crippen molar-refractivity contribution in [3.05, 3.63) is 41.0 Å². The molecule has 1 amide bonds. The van der Waals surface area contributed by atoms with Gasteiger partial charge in [-0.05, 0) is 11.6 Å². The van der Waals surface area contributed by atoms with Gasteiger partial charge in [0, 0.05) is 24.3 Å². The Morgan fingerprint density at radius 2 is 2.17 bits per heavy atom. The molecule has 1 spiro atoms. The molecular formula is C19H23N2O3+. The quantitative estimate of drug-likeness (QED) is 0.590.